The van der Waals surface area contributed by atoms with E-state index in [0.29, 0.717) is 48.1 Å². The minimum Gasteiger partial charge on any atom is -0.444 e. The van der Waals surface area contributed by atoms with Crippen LogP contribution in [0.1, 0.15) is 36.7 Å². The van der Waals surface area contributed by atoms with Gasteiger partial charge >= 0.3 is 6.09 Å². The molecule has 1 fully saturated rings. The van der Waals surface area contributed by atoms with Crippen molar-refractivity contribution in [1.82, 2.24) is 14.8 Å². The minimum absolute atomic E-state index is 0.178. The molecule has 0 spiro atoms. The zero-order chi connectivity index (χ0) is 24.3. The molecule has 1 aliphatic heterocycles. The summed E-state index contributed by atoms with van der Waals surface area (Å²) >= 11 is 6.34. The summed E-state index contributed by atoms with van der Waals surface area (Å²) in [6.07, 6.45) is 1.36. The van der Waals surface area contributed by atoms with E-state index in [0.717, 1.165) is 11.1 Å². The summed E-state index contributed by atoms with van der Waals surface area (Å²) in [5, 5.41) is 10.1. The van der Waals surface area contributed by atoms with Gasteiger partial charge in [-0.15, -0.1) is 0 Å². The predicted molar refractivity (Wildman–Crippen MR) is 127 cm³/mol. The Morgan fingerprint density at radius 1 is 1.12 bits per heavy atom. The Labute approximate surface area is 199 Å². The largest absolute Gasteiger partial charge is 0.444 e. The lowest BCUT2D eigenvalue weighted by molar-refractivity contribution is 0.0240. The predicted octanol–water partition coefficient (Wildman–Crippen LogP) is 4.03. The Balaban J connectivity index is 1.76. The van der Waals surface area contributed by atoms with Crippen molar-refractivity contribution >= 4 is 29.4 Å². The number of ether oxygens (including phenoxy) is 1. The van der Waals surface area contributed by atoms with E-state index in [1.54, 1.807) is 49.5 Å². The fourth-order valence-electron chi connectivity index (χ4n) is 3.49. The van der Waals surface area contributed by atoms with Crippen LogP contribution in [0.25, 0.3) is 11.1 Å². The molecule has 1 aliphatic rings. The van der Waals surface area contributed by atoms with Crippen LogP contribution in [0.15, 0.2) is 30.5 Å². The van der Waals surface area contributed by atoms with E-state index in [9.17, 15) is 14.9 Å². The minimum atomic E-state index is -0.541. The van der Waals surface area contributed by atoms with Crippen LogP contribution in [0, 0.1) is 11.3 Å². The third-order valence-electron chi connectivity index (χ3n) is 5.16. The van der Waals surface area contributed by atoms with Gasteiger partial charge < -0.3 is 19.4 Å². The number of carbonyl (C=O) groups is 2. The van der Waals surface area contributed by atoms with E-state index < -0.39 is 5.60 Å². The highest BCUT2D eigenvalue weighted by atomic mass is 35.5. The SMILES string of the molecule is CN(C)C(=O)c1ccc(-c2cnc(N3CCN(C(=O)OC(C)(C)C)CC3)c(C#N)c2)cc1Cl. The van der Waals surface area contributed by atoms with E-state index in [1.807, 2.05) is 25.7 Å². The van der Waals surface area contributed by atoms with Crippen molar-refractivity contribution in [3.05, 3.63) is 46.6 Å². The van der Waals surface area contributed by atoms with Crippen LogP contribution in [0.3, 0.4) is 0 Å². The molecule has 0 unspecified atom stereocenters. The maximum Gasteiger partial charge on any atom is 0.410 e. The molecule has 8 nitrogen and oxygen atoms in total. The maximum atomic E-state index is 12.3. The van der Waals surface area contributed by atoms with Crippen LogP contribution in [0.4, 0.5) is 10.6 Å². The lowest BCUT2D eigenvalue weighted by Gasteiger charge is -2.36. The molecule has 174 valence electrons. The van der Waals surface area contributed by atoms with E-state index in [2.05, 4.69) is 11.1 Å². The van der Waals surface area contributed by atoms with Gasteiger partial charge in [0.1, 0.15) is 17.5 Å². The molecule has 2 amide bonds. The summed E-state index contributed by atoms with van der Waals surface area (Å²) in [6, 6.07) is 9.16. The van der Waals surface area contributed by atoms with Crippen molar-refractivity contribution in [3.63, 3.8) is 0 Å². The lowest BCUT2D eigenvalue weighted by Crippen LogP contribution is -2.50. The number of aromatic nitrogens is 1. The van der Waals surface area contributed by atoms with Crippen molar-refractivity contribution in [2.45, 2.75) is 26.4 Å². The molecule has 1 saturated heterocycles. The van der Waals surface area contributed by atoms with Crippen LogP contribution >= 0.6 is 11.6 Å². The molecule has 3 rings (SSSR count). The van der Waals surface area contributed by atoms with Gasteiger partial charge in [-0.05, 0) is 44.5 Å². The average molecular weight is 470 g/mol. The van der Waals surface area contributed by atoms with Crippen LogP contribution < -0.4 is 4.90 Å². The first-order valence-electron chi connectivity index (χ1n) is 10.6. The number of amides is 2. The standard InChI is InChI=1S/C24H28ClN5O3/c1-24(2,3)33-23(32)30-10-8-29(9-11-30)21-17(14-26)12-18(15-27-21)16-6-7-19(20(25)13-16)22(31)28(4)5/h6-7,12-13,15H,8-11H2,1-5H3. The zero-order valence-corrected chi connectivity index (χ0v) is 20.3. The third kappa shape index (κ3) is 5.74. The summed E-state index contributed by atoms with van der Waals surface area (Å²) in [5.74, 6) is 0.402. The monoisotopic (exact) mass is 469 g/mol. The molecule has 0 bridgehead atoms. The van der Waals surface area contributed by atoms with E-state index >= 15 is 0 Å². The fraction of sp³-hybridized carbons (Fsp3) is 0.417. The van der Waals surface area contributed by atoms with Gasteiger partial charge in [-0.2, -0.15) is 5.26 Å². The molecule has 1 aromatic carbocycles. The topological polar surface area (TPSA) is 89.8 Å². The summed E-state index contributed by atoms with van der Waals surface area (Å²) < 4.78 is 5.44. The Hall–Kier alpha value is -3.31. The van der Waals surface area contributed by atoms with Crippen molar-refractivity contribution < 1.29 is 14.3 Å². The van der Waals surface area contributed by atoms with Gasteiger partial charge in [-0.3, -0.25) is 4.79 Å². The van der Waals surface area contributed by atoms with Crippen molar-refractivity contribution in [1.29, 1.82) is 5.26 Å². The highest BCUT2D eigenvalue weighted by Crippen LogP contribution is 2.29. The number of hydrogen-bond donors (Lipinski definition) is 0. The third-order valence-corrected chi connectivity index (χ3v) is 5.47. The second-order valence-corrected chi connectivity index (χ2v) is 9.46. The number of benzene rings is 1. The second-order valence-electron chi connectivity index (χ2n) is 9.06. The van der Waals surface area contributed by atoms with E-state index in [1.165, 1.54) is 4.90 Å². The number of pyridine rings is 1. The van der Waals surface area contributed by atoms with Crippen LogP contribution in [-0.2, 0) is 4.74 Å². The number of anilines is 1. The fourth-order valence-corrected chi connectivity index (χ4v) is 3.75. The molecule has 2 heterocycles. The highest BCUT2D eigenvalue weighted by Gasteiger charge is 2.27. The Bertz CT molecular complexity index is 1100. The first kappa shape index (κ1) is 24.3. The van der Waals surface area contributed by atoms with Crippen molar-refractivity contribution in [2.75, 3.05) is 45.2 Å². The van der Waals surface area contributed by atoms with Gasteiger partial charge in [0, 0.05) is 52.0 Å². The second kappa shape index (κ2) is 9.67. The van der Waals surface area contributed by atoms with Crippen LogP contribution in [0.5, 0.6) is 0 Å². The molecule has 0 saturated carbocycles. The first-order chi connectivity index (χ1) is 15.5. The number of carbonyl (C=O) groups excluding carboxylic acids is 2. The molecule has 2 aromatic rings. The summed E-state index contributed by atoms with van der Waals surface area (Å²) in [4.78, 5) is 34.2. The first-order valence-corrected chi connectivity index (χ1v) is 11.0. The zero-order valence-electron chi connectivity index (χ0n) is 19.6. The molecule has 0 radical (unpaired) electrons. The molecule has 9 heteroatoms. The average Bonchev–Trinajstić information content (AvgIpc) is 2.77. The quantitative estimate of drug-likeness (QED) is 0.674. The summed E-state index contributed by atoms with van der Waals surface area (Å²) in [5.41, 5.74) is 1.80. The van der Waals surface area contributed by atoms with E-state index in [-0.39, 0.29) is 12.0 Å². The Morgan fingerprint density at radius 2 is 1.79 bits per heavy atom. The molecular formula is C24H28ClN5O3. The van der Waals surface area contributed by atoms with Crippen molar-refractivity contribution in [2.24, 2.45) is 0 Å². The van der Waals surface area contributed by atoms with E-state index in [4.69, 9.17) is 16.3 Å². The van der Waals surface area contributed by atoms with Crippen LogP contribution in [-0.4, -0.2) is 72.7 Å². The smallest absolute Gasteiger partial charge is 0.410 e. The van der Waals surface area contributed by atoms with Gasteiger partial charge in [-0.1, -0.05) is 17.7 Å². The number of halogens is 1. The lowest BCUT2D eigenvalue weighted by atomic mass is 10.0. The van der Waals surface area contributed by atoms with Crippen molar-refractivity contribution in [3.8, 4) is 17.2 Å². The molecule has 0 aliphatic carbocycles. The highest BCUT2D eigenvalue weighted by molar-refractivity contribution is 6.34. The number of piperazine rings is 1. The normalized spacial score (nSPS) is 14.0. The van der Waals surface area contributed by atoms with Gasteiger partial charge in [0.15, 0.2) is 0 Å². The van der Waals surface area contributed by atoms with Gasteiger partial charge in [0.05, 0.1) is 16.1 Å². The number of rotatable bonds is 3. The Kier molecular flexibility index (Phi) is 7.13. The van der Waals surface area contributed by atoms with Crippen LogP contribution in [0.2, 0.25) is 5.02 Å². The molecule has 0 N–H and O–H groups in total. The number of nitriles is 1. The summed E-state index contributed by atoms with van der Waals surface area (Å²) in [6.45, 7) is 7.59. The molecule has 1 aromatic heterocycles. The number of nitrogens with zero attached hydrogens (tertiary/aromatic N) is 5. The summed E-state index contributed by atoms with van der Waals surface area (Å²) in [7, 11) is 3.34. The molecular weight excluding hydrogens is 442 g/mol. The van der Waals surface area contributed by atoms with Gasteiger partial charge in [0.2, 0.25) is 0 Å². The Morgan fingerprint density at radius 3 is 2.33 bits per heavy atom. The van der Waals surface area contributed by atoms with Gasteiger partial charge in [-0.25, -0.2) is 9.78 Å². The maximum absolute atomic E-state index is 12.3. The molecule has 33 heavy (non-hydrogen) atoms. The van der Waals surface area contributed by atoms with Gasteiger partial charge in [0.25, 0.3) is 5.91 Å². The number of hydrogen-bond acceptors (Lipinski definition) is 6. The molecule has 0 atom stereocenters.